The van der Waals surface area contributed by atoms with Gasteiger partial charge in [-0.1, -0.05) is 47.5 Å². The van der Waals surface area contributed by atoms with E-state index in [-0.39, 0.29) is 6.04 Å². The number of aryl methyl sites for hydroxylation is 1. The molecule has 5 heteroatoms. The van der Waals surface area contributed by atoms with Crippen LogP contribution in [0.5, 0.6) is 0 Å². The number of halogens is 2. The molecule has 3 aromatic rings. The molecule has 0 bridgehead atoms. The fraction of sp³-hybridized carbons (Fsp3) is 0.304. The van der Waals surface area contributed by atoms with Crippen molar-refractivity contribution in [3.8, 4) is 0 Å². The number of aromatic nitrogens is 2. The largest absolute Gasteiger partial charge is 0.349 e. The minimum Gasteiger partial charge on any atom is -0.349 e. The Kier molecular flexibility index (Phi) is 5.31. The molecule has 144 valence electrons. The number of rotatable bonds is 3. The van der Waals surface area contributed by atoms with Gasteiger partial charge in [-0.25, -0.2) is 9.97 Å². The molecule has 1 atom stereocenters. The zero-order valence-corrected chi connectivity index (χ0v) is 17.8. The van der Waals surface area contributed by atoms with Gasteiger partial charge in [-0.15, -0.1) is 0 Å². The van der Waals surface area contributed by atoms with Gasteiger partial charge in [-0.3, -0.25) is 0 Å². The van der Waals surface area contributed by atoms with Crippen molar-refractivity contribution in [2.75, 3.05) is 11.4 Å². The lowest BCUT2D eigenvalue weighted by molar-refractivity contribution is 0.612. The number of fused-ring (bicyclic) bond motifs is 1. The molecule has 0 aliphatic carbocycles. The van der Waals surface area contributed by atoms with Gasteiger partial charge >= 0.3 is 0 Å². The first-order valence-electron chi connectivity index (χ1n) is 9.56. The van der Waals surface area contributed by atoms with Crippen molar-refractivity contribution in [1.82, 2.24) is 9.97 Å². The Labute approximate surface area is 176 Å². The zero-order chi connectivity index (χ0) is 19.8. The molecule has 1 unspecified atom stereocenters. The van der Waals surface area contributed by atoms with E-state index in [2.05, 4.69) is 37.8 Å². The number of hydrogen-bond donors (Lipinski definition) is 0. The summed E-state index contributed by atoms with van der Waals surface area (Å²) in [5.41, 5.74) is 5.84. The standard InChI is InChI=1S/C23H23Cl2N3/c1-14-15(2)26-22(13-18-6-4-5-7-21(18)25)27-23(14)28-11-10-17-12-19(24)8-9-20(17)16(28)3/h4-9,12,16H,10-11,13H2,1-3H3. The van der Waals surface area contributed by atoms with Crippen LogP contribution in [0.4, 0.5) is 5.82 Å². The smallest absolute Gasteiger partial charge is 0.136 e. The van der Waals surface area contributed by atoms with E-state index in [9.17, 15) is 0 Å². The third-order valence-corrected chi connectivity index (χ3v) is 6.24. The van der Waals surface area contributed by atoms with E-state index >= 15 is 0 Å². The van der Waals surface area contributed by atoms with Gasteiger partial charge in [0, 0.05) is 34.3 Å². The molecule has 0 saturated carbocycles. The Morgan fingerprint density at radius 1 is 1.07 bits per heavy atom. The van der Waals surface area contributed by atoms with Crippen LogP contribution >= 0.6 is 23.2 Å². The maximum absolute atomic E-state index is 6.35. The highest BCUT2D eigenvalue weighted by Crippen LogP contribution is 2.35. The van der Waals surface area contributed by atoms with Crippen LogP contribution in [0.3, 0.4) is 0 Å². The average Bonchev–Trinajstić information content (AvgIpc) is 2.67. The minimum absolute atomic E-state index is 0.238. The van der Waals surface area contributed by atoms with Gasteiger partial charge < -0.3 is 4.90 Å². The second-order valence-electron chi connectivity index (χ2n) is 7.40. The average molecular weight is 412 g/mol. The number of nitrogens with zero attached hydrogens (tertiary/aromatic N) is 3. The van der Waals surface area contributed by atoms with Gasteiger partial charge in [0.25, 0.3) is 0 Å². The molecule has 0 spiro atoms. The van der Waals surface area contributed by atoms with Crippen molar-refractivity contribution < 1.29 is 0 Å². The third-order valence-electron chi connectivity index (χ3n) is 5.63. The Morgan fingerprint density at radius 3 is 2.64 bits per heavy atom. The van der Waals surface area contributed by atoms with Gasteiger partial charge in [0.05, 0.1) is 6.04 Å². The second-order valence-corrected chi connectivity index (χ2v) is 8.25. The van der Waals surface area contributed by atoms with E-state index in [0.29, 0.717) is 6.42 Å². The first-order chi connectivity index (χ1) is 13.4. The number of benzene rings is 2. The van der Waals surface area contributed by atoms with Crippen molar-refractivity contribution in [1.29, 1.82) is 0 Å². The summed E-state index contributed by atoms with van der Waals surface area (Å²) >= 11 is 12.5. The van der Waals surface area contributed by atoms with E-state index in [1.165, 1.54) is 11.1 Å². The molecule has 2 heterocycles. The predicted octanol–water partition coefficient (Wildman–Crippen LogP) is 6.11. The summed E-state index contributed by atoms with van der Waals surface area (Å²) in [7, 11) is 0. The van der Waals surface area contributed by atoms with Gasteiger partial charge in [0.15, 0.2) is 0 Å². The van der Waals surface area contributed by atoms with E-state index in [1.54, 1.807) is 0 Å². The van der Waals surface area contributed by atoms with Crippen LogP contribution in [0.25, 0.3) is 0 Å². The fourth-order valence-corrected chi connectivity index (χ4v) is 4.33. The quantitative estimate of drug-likeness (QED) is 0.519. The highest BCUT2D eigenvalue weighted by molar-refractivity contribution is 6.31. The van der Waals surface area contributed by atoms with E-state index < -0.39 is 0 Å². The Bertz CT molecular complexity index is 1030. The van der Waals surface area contributed by atoms with E-state index in [0.717, 1.165) is 51.5 Å². The van der Waals surface area contributed by atoms with Crippen molar-refractivity contribution in [3.63, 3.8) is 0 Å². The summed E-state index contributed by atoms with van der Waals surface area (Å²) in [6.07, 6.45) is 1.59. The van der Waals surface area contributed by atoms with Crippen LogP contribution < -0.4 is 4.90 Å². The highest BCUT2D eigenvalue weighted by Gasteiger charge is 2.27. The van der Waals surface area contributed by atoms with Gasteiger partial charge in [0.2, 0.25) is 0 Å². The van der Waals surface area contributed by atoms with Crippen LogP contribution in [0.15, 0.2) is 42.5 Å². The lowest BCUT2D eigenvalue weighted by Crippen LogP contribution is -2.35. The predicted molar refractivity (Wildman–Crippen MR) is 117 cm³/mol. The molecular formula is C23H23Cl2N3. The molecule has 3 nitrogen and oxygen atoms in total. The summed E-state index contributed by atoms with van der Waals surface area (Å²) in [5.74, 6) is 1.82. The van der Waals surface area contributed by atoms with Gasteiger partial charge in [-0.2, -0.15) is 0 Å². The number of hydrogen-bond acceptors (Lipinski definition) is 3. The molecule has 0 radical (unpaired) electrons. The van der Waals surface area contributed by atoms with Crippen molar-refractivity contribution >= 4 is 29.0 Å². The summed E-state index contributed by atoms with van der Waals surface area (Å²) in [4.78, 5) is 12.1. The summed E-state index contributed by atoms with van der Waals surface area (Å²) in [6, 6.07) is 14.3. The van der Waals surface area contributed by atoms with E-state index in [1.807, 2.05) is 30.3 Å². The minimum atomic E-state index is 0.238. The van der Waals surface area contributed by atoms with Crippen LogP contribution in [0.1, 0.15) is 46.7 Å². The fourth-order valence-electron chi connectivity index (χ4n) is 3.93. The molecule has 2 aromatic carbocycles. The Hall–Kier alpha value is -2.10. The Balaban J connectivity index is 1.71. The van der Waals surface area contributed by atoms with Gasteiger partial charge in [-0.05, 0) is 62.1 Å². The normalized spacial score (nSPS) is 16.2. The van der Waals surface area contributed by atoms with Crippen molar-refractivity contribution in [2.24, 2.45) is 0 Å². The molecule has 1 aliphatic heterocycles. The SMILES string of the molecule is Cc1nc(Cc2ccccc2Cl)nc(N2CCc3cc(Cl)ccc3C2C)c1C. The molecule has 0 fully saturated rings. The van der Waals surface area contributed by atoms with Crippen LogP contribution in [0, 0.1) is 13.8 Å². The van der Waals surface area contributed by atoms with Crippen molar-refractivity contribution in [3.05, 3.63) is 86.3 Å². The maximum Gasteiger partial charge on any atom is 0.136 e. The van der Waals surface area contributed by atoms with E-state index in [4.69, 9.17) is 33.2 Å². The molecule has 0 N–H and O–H groups in total. The monoisotopic (exact) mass is 411 g/mol. The molecular weight excluding hydrogens is 389 g/mol. The first kappa shape index (κ1) is 19.2. The van der Waals surface area contributed by atoms with Crippen molar-refractivity contribution in [2.45, 2.75) is 39.7 Å². The zero-order valence-electron chi connectivity index (χ0n) is 16.3. The Morgan fingerprint density at radius 2 is 1.86 bits per heavy atom. The van der Waals surface area contributed by atoms with Crippen LogP contribution in [-0.2, 0) is 12.8 Å². The molecule has 1 aliphatic rings. The molecule has 28 heavy (non-hydrogen) atoms. The summed E-state index contributed by atoms with van der Waals surface area (Å²) in [5, 5.41) is 1.55. The topological polar surface area (TPSA) is 29.0 Å². The number of anilines is 1. The lowest BCUT2D eigenvalue weighted by atomic mass is 9.93. The molecule has 4 rings (SSSR count). The maximum atomic E-state index is 6.35. The molecule has 0 saturated heterocycles. The summed E-state index contributed by atoms with van der Waals surface area (Å²) < 4.78 is 0. The molecule has 0 amide bonds. The summed E-state index contributed by atoms with van der Waals surface area (Å²) in [6.45, 7) is 7.31. The highest BCUT2D eigenvalue weighted by atomic mass is 35.5. The lowest BCUT2D eigenvalue weighted by Gasteiger charge is -2.37. The van der Waals surface area contributed by atoms with Crippen LogP contribution in [0.2, 0.25) is 10.0 Å². The molecule has 1 aromatic heterocycles. The van der Waals surface area contributed by atoms with Crippen LogP contribution in [-0.4, -0.2) is 16.5 Å². The second kappa shape index (κ2) is 7.73. The first-order valence-corrected chi connectivity index (χ1v) is 10.3. The third kappa shape index (κ3) is 3.61. The van der Waals surface area contributed by atoms with Gasteiger partial charge in [0.1, 0.15) is 11.6 Å².